The van der Waals surface area contributed by atoms with E-state index in [9.17, 15) is 0 Å². The third-order valence-corrected chi connectivity index (χ3v) is 0. The molecule has 0 atom stereocenters. The van der Waals surface area contributed by atoms with Crippen LogP contribution >= 0.6 is 0 Å². The van der Waals surface area contributed by atoms with Gasteiger partial charge in [-0.3, -0.25) is 0 Å². The number of halogens is 1. The number of hydrogen-bond donors (Lipinski definition) is 1. The Morgan fingerprint density at radius 2 is 1.60 bits per heavy atom. The van der Waals surface area contributed by atoms with E-state index in [1.807, 2.05) is 0 Å². The average molecular weight is 147 g/mol. The quantitative estimate of drug-likeness (QED) is 0.362. The van der Waals surface area contributed by atoms with Gasteiger partial charge < -0.3 is 17.5 Å². The second-order valence-electron chi connectivity index (χ2n) is 0.316. The first-order valence-corrected chi connectivity index (χ1v) is 1.02. The molecular weight excluding hydrogens is 141 g/mol. The van der Waals surface area contributed by atoms with Gasteiger partial charge in [0, 0.05) is 26.1 Å². The molecule has 30 valence electrons. The van der Waals surface area contributed by atoms with Crippen molar-refractivity contribution in [3.05, 3.63) is 0 Å². The van der Waals surface area contributed by atoms with E-state index in [2.05, 4.69) is 0 Å². The smallest absolute Gasteiger partial charge is 0.0402 e. The maximum atomic E-state index is 7.57. The molecule has 0 amide bonds. The number of hydrogen-bond acceptors (Lipinski definition) is 1. The van der Waals surface area contributed by atoms with Crippen LogP contribution in [-0.2, 0) is 19.5 Å². The van der Waals surface area contributed by atoms with Crippen LogP contribution in [0.5, 0.6) is 0 Å². The van der Waals surface area contributed by atoms with E-state index in [1.54, 1.807) is 6.92 Å². The summed E-state index contributed by atoms with van der Waals surface area (Å²) < 4.78 is 0. The second kappa shape index (κ2) is 20.8. The molecule has 0 aliphatic rings. The van der Waals surface area contributed by atoms with E-state index < -0.39 is 0 Å². The molecule has 1 N–H and O–H groups in total. The minimum Gasteiger partial charge on any atom is -1.00 e. The summed E-state index contributed by atoms with van der Waals surface area (Å²) in [6.45, 7) is 1.93. The Morgan fingerprint density at radius 1 is 1.60 bits per heavy atom. The van der Waals surface area contributed by atoms with Gasteiger partial charge in [0.05, 0.1) is 0 Å². The molecule has 0 radical (unpaired) electrons. The van der Waals surface area contributed by atoms with Crippen molar-refractivity contribution in [2.75, 3.05) is 6.61 Å². The third-order valence-electron chi connectivity index (χ3n) is 0. The van der Waals surface area contributed by atoms with Crippen molar-refractivity contribution < 1.29 is 37.0 Å². The first-order chi connectivity index (χ1) is 1.41. The Hall–Kier alpha value is 0.873. The van der Waals surface area contributed by atoms with E-state index >= 15 is 0 Å². The van der Waals surface area contributed by atoms with Gasteiger partial charge in [-0.25, -0.2) is 0 Å². The van der Waals surface area contributed by atoms with E-state index in [0.29, 0.717) is 0 Å². The molecule has 0 aliphatic carbocycles. The number of aliphatic hydroxyl groups is 1. The Bertz CT molecular complexity index is 9.61. The third kappa shape index (κ3) is 52.7. The molecule has 0 aromatic rings. The molecular formula is C2H6ClOZn-. The minimum atomic E-state index is 0. The van der Waals surface area contributed by atoms with Crippen LogP contribution in [0.4, 0.5) is 0 Å². The molecule has 0 heterocycles. The van der Waals surface area contributed by atoms with Crippen LogP contribution in [0.1, 0.15) is 6.92 Å². The molecule has 0 unspecified atom stereocenters. The molecule has 1 nitrogen and oxygen atoms in total. The molecule has 0 rings (SSSR count). The second-order valence-corrected chi connectivity index (χ2v) is 0.316. The summed E-state index contributed by atoms with van der Waals surface area (Å²) >= 11 is 0. The van der Waals surface area contributed by atoms with Gasteiger partial charge in [0.1, 0.15) is 0 Å². The van der Waals surface area contributed by atoms with Gasteiger partial charge in [0.25, 0.3) is 0 Å². The normalized spacial score (nSPS) is 3.60. The van der Waals surface area contributed by atoms with Crippen molar-refractivity contribution >= 4 is 0 Å². The summed E-state index contributed by atoms with van der Waals surface area (Å²) in [6, 6.07) is 0. The standard InChI is InChI=1S/C2H6O.ClH.Zn/c1-2-3;;/h3H,2H2,1H3;1H;/p-1. The Labute approximate surface area is 50.9 Å². The molecule has 0 aliphatic heterocycles. The maximum absolute atomic E-state index is 7.57. The number of rotatable bonds is 0. The fraction of sp³-hybridized carbons (Fsp3) is 1.00. The molecule has 0 fully saturated rings. The van der Waals surface area contributed by atoms with E-state index in [4.69, 9.17) is 5.11 Å². The summed E-state index contributed by atoms with van der Waals surface area (Å²) in [4.78, 5) is 0. The van der Waals surface area contributed by atoms with Crippen molar-refractivity contribution in [3.8, 4) is 0 Å². The molecule has 0 spiro atoms. The predicted molar refractivity (Wildman–Crippen MR) is 12.8 cm³/mol. The van der Waals surface area contributed by atoms with E-state index in [0.717, 1.165) is 0 Å². The van der Waals surface area contributed by atoms with E-state index in [-0.39, 0.29) is 38.5 Å². The zero-order chi connectivity index (χ0) is 2.71. The van der Waals surface area contributed by atoms with Crippen LogP contribution in [0.25, 0.3) is 0 Å². The number of aliphatic hydroxyl groups excluding tert-OH is 1. The van der Waals surface area contributed by atoms with Crippen LogP contribution in [0.15, 0.2) is 0 Å². The van der Waals surface area contributed by atoms with Gasteiger partial charge in [-0.15, -0.1) is 0 Å². The largest absolute Gasteiger partial charge is 1.00 e. The summed E-state index contributed by atoms with van der Waals surface area (Å²) in [6.07, 6.45) is 0. The average Bonchev–Trinajstić information content (AvgIpc) is 0.918. The fourth-order valence-corrected chi connectivity index (χ4v) is 0. The first kappa shape index (κ1) is 16.9. The van der Waals surface area contributed by atoms with Gasteiger partial charge in [0.2, 0.25) is 0 Å². The Morgan fingerprint density at radius 3 is 1.60 bits per heavy atom. The van der Waals surface area contributed by atoms with Gasteiger partial charge >= 0.3 is 0 Å². The van der Waals surface area contributed by atoms with Gasteiger partial charge in [0.15, 0.2) is 0 Å². The molecule has 0 bridgehead atoms. The van der Waals surface area contributed by atoms with Crippen LogP contribution < -0.4 is 12.4 Å². The van der Waals surface area contributed by atoms with Crippen LogP contribution in [0.3, 0.4) is 0 Å². The maximum Gasteiger partial charge on any atom is 0.0402 e. The van der Waals surface area contributed by atoms with Crippen LogP contribution in [-0.4, -0.2) is 11.7 Å². The van der Waals surface area contributed by atoms with Gasteiger partial charge in [-0.1, -0.05) is 0 Å². The molecule has 0 saturated carbocycles. The summed E-state index contributed by atoms with van der Waals surface area (Å²) in [5, 5.41) is 7.57. The summed E-state index contributed by atoms with van der Waals surface area (Å²) in [5.41, 5.74) is 0. The minimum absolute atomic E-state index is 0. The van der Waals surface area contributed by atoms with Crippen molar-refractivity contribution in [2.45, 2.75) is 6.92 Å². The van der Waals surface area contributed by atoms with Crippen molar-refractivity contribution in [1.29, 1.82) is 0 Å². The fourth-order valence-electron chi connectivity index (χ4n) is 0. The van der Waals surface area contributed by atoms with Crippen molar-refractivity contribution in [2.24, 2.45) is 0 Å². The molecule has 0 aromatic heterocycles. The zero-order valence-electron chi connectivity index (χ0n) is 3.24. The molecule has 5 heavy (non-hydrogen) atoms. The van der Waals surface area contributed by atoms with Gasteiger partial charge in [-0.05, 0) is 6.92 Å². The monoisotopic (exact) mass is 145 g/mol. The summed E-state index contributed by atoms with van der Waals surface area (Å²) in [7, 11) is 0. The first-order valence-electron chi connectivity index (χ1n) is 1.02. The summed E-state index contributed by atoms with van der Waals surface area (Å²) in [5.74, 6) is 0. The molecule has 3 heteroatoms. The van der Waals surface area contributed by atoms with E-state index in [1.165, 1.54) is 0 Å². The Kier molecular flexibility index (Phi) is 70.4. The van der Waals surface area contributed by atoms with Crippen molar-refractivity contribution in [3.63, 3.8) is 0 Å². The van der Waals surface area contributed by atoms with Crippen LogP contribution in [0, 0.1) is 0 Å². The molecule has 0 saturated heterocycles. The zero-order valence-corrected chi connectivity index (χ0v) is 6.96. The predicted octanol–water partition coefficient (Wildman–Crippen LogP) is -3.00. The van der Waals surface area contributed by atoms with Crippen LogP contribution in [0.2, 0.25) is 0 Å². The molecule has 0 aromatic carbocycles. The Balaban J connectivity index is -0.0000000200. The SMILES string of the molecule is CCO.[Cl-].[Zn]. The topological polar surface area (TPSA) is 20.2 Å². The van der Waals surface area contributed by atoms with Crippen molar-refractivity contribution in [1.82, 2.24) is 0 Å². The van der Waals surface area contributed by atoms with Gasteiger partial charge in [-0.2, -0.15) is 0 Å².